The number of amides is 1. The zero-order valence-electron chi connectivity index (χ0n) is 11.4. The van der Waals surface area contributed by atoms with Crippen LogP contribution < -0.4 is 5.32 Å². The molecule has 0 heterocycles. The van der Waals surface area contributed by atoms with E-state index in [9.17, 15) is 9.90 Å². The first-order valence-electron chi connectivity index (χ1n) is 6.39. The van der Waals surface area contributed by atoms with Gasteiger partial charge in [0.05, 0.1) is 11.7 Å². The highest BCUT2D eigenvalue weighted by Crippen LogP contribution is 2.39. The van der Waals surface area contributed by atoms with Gasteiger partial charge in [-0.1, -0.05) is 13.8 Å². The van der Waals surface area contributed by atoms with Crippen molar-refractivity contribution >= 4 is 6.09 Å². The molecule has 4 heteroatoms. The fourth-order valence-corrected chi connectivity index (χ4v) is 2.06. The van der Waals surface area contributed by atoms with E-state index in [2.05, 4.69) is 19.2 Å². The average molecular weight is 243 g/mol. The van der Waals surface area contributed by atoms with Crippen LogP contribution in [-0.4, -0.2) is 29.4 Å². The summed E-state index contributed by atoms with van der Waals surface area (Å²) in [7, 11) is 0. The molecule has 17 heavy (non-hydrogen) atoms. The molecule has 1 amide bonds. The molecule has 0 spiro atoms. The number of nitrogens with one attached hydrogen (secondary N) is 1. The number of rotatable bonds is 3. The van der Waals surface area contributed by atoms with Crippen LogP contribution in [0.4, 0.5) is 4.79 Å². The quantitative estimate of drug-likeness (QED) is 0.800. The Balaban J connectivity index is 2.34. The summed E-state index contributed by atoms with van der Waals surface area (Å²) in [4.78, 5) is 11.3. The molecule has 1 aliphatic carbocycles. The molecule has 1 aliphatic rings. The average Bonchev–Trinajstić information content (AvgIpc) is 2.20. The molecule has 0 atom stereocenters. The van der Waals surface area contributed by atoms with E-state index in [4.69, 9.17) is 4.74 Å². The van der Waals surface area contributed by atoms with Crippen LogP contribution in [0.15, 0.2) is 0 Å². The molecule has 0 unspecified atom stereocenters. The molecule has 2 N–H and O–H groups in total. The summed E-state index contributed by atoms with van der Waals surface area (Å²) < 4.78 is 4.97. The van der Waals surface area contributed by atoms with Gasteiger partial charge < -0.3 is 15.2 Å². The monoisotopic (exact) mass is 243 g/mol. The highest BCUT2D eigenvalue weighted by Gasteiger charge is 2.36. The third-order valence-corrected chi connectivity index (χ3v) is 3.44. The van der Waals surface area contributed by atoms with Crippen molar-refractivity contribution in [3.05, 3.63) is 0 Å². The number of ether oxygens (including phenoxy) is 1. The Kier molecular flexibility index (Phi) is 4.42. The molecule has 1 fully saturated rings. The number of aliphatic hydroxyl groups is 1. The molecule has 0 radical (unpaired) electrons. The van der Waals surface area contributed by atoms with Crippen LogP contribution in [0.2, 0.25) is 0 Å². The van der Waals surface area contributed by atoms with Crippen LogP contribution >= 0.6 is 0 Å². The van der Waals surface area contributed by atoms with Crippen molar-refractivity contribution in [2.24, 2.45) is 5.41 Å². The first kappa shape index (κ1) is 14.3. The molecule has 0 bridgehead atoms. The van der Waals surface area contributed by atoms with E-state index in [1.807, 2.05) is 0 Å². The van der Waals surface area contributed by atoms with E-state index in [0.29, 0.717) is 5.41 Å². The van der Waals surface area contributed by atoms with Crippen molar-refractivity contribution in [2.45, 2.75) is 65.1 Å². The highest BCUT2D eigenvalue weighted by molar-refractivity contribution is 5.67. The minimum absolute atomic E-state index is 0.130. The molecule has 4 nitrogen and oxygen atoms in total. The number of carbonyl (C=O) groups is 1. The predicted octanol–water partition coefficient (Wildman–Crippen LogP) is 2.45. The van der Waals surface area contributed by atoms with Crippen LogP contribution in [0.1, 0.15) is 53.4 Å². The third kappa shape index (κ3) is 4.94. The van der Waals surface area contributed by atoms with E-state index < -0.39 is 11.7 Å². The van der Waals surface area contributed by atoms with Gasteiger partial charge in [-0.2, -0.15) is 0 Å². The van der Waals surface area contributed by atoms with Gasteiger partial charge in [0, 0.05) is 6.54 Å². The van der Waals surface area contributed by atoms with Gasteiger partial charge in [-0.3, -0.25) is 0 Å². The SMILES string of the molecule is CC(C)OC(=O)NCC1(O)CCC(C)(C)CC1. The van der Waals surface area contributed by atoms with Gasteiger partial charge in [-0.15, -0.1) is 0 Å². The minimum Gasteiger partial charge on any atom is -0.447 e. The summed E-state index contributed by atoms with van der Waals surface area (Å²) in [5, 5.41) is 13.0. The molecule has 0 aromatic carbocycles. The molecule has 1 saturated carbocycles. The normalized spacial score (nSPS) is 22.2. The number of hydrogen-bond acceptors (Lipinski definition) is 3. The number of alkyl carbamates (subject to hydrolysis) is 1. The molecule has 0 aromatic heterocycles. The Morgan fingerprint density at radius 2 is 1.82 bits per heavy atom. The molecule has 100 valence electrons. The molecule has 1 rings (SSSR count). The predicted molar refractivity (Wildman–Crippen MR) is 66.8 cm³/mol. The lowest BCUT2D eigenvalue weighted by atomic mass is 9.71. The maximum atomic E-state index is 11.3. The van der Waals surface area contributed by atoms with E-state index in [-0.39, 0.29) is 12.6 Å². The first-order valence-corrected chi connectivity index (χ1v) is 6.39. The summed E-state index contributed by atoms with van der Waals surface area (Å²) in [5.41, 5.74) is -0.448. The molecule has 0 saturated heterocycles. The van der Waals surface area contributed by atoms with Crippen LogP contribution in [0, 0.1) is 5.41 Å². The summed E-state index contributed by atoms with van der Waals surface area (Å²) in [6.07, 6.45) is 2.88. The Morgan fingerprint density at radius 3 is 2.29 bits per heavy atom. The largest absolute Gasteiger partial charge is 0.447 e. The maximum absolute atomic E-state index is 11.3. The highest BCUT2D eigenvalue weighted by atomic mass is 16.6. The summed E-state index contributed by atoms with van der Waals surface area (Å²) in [6.45, 7) is 8.32. The Morgan fingerprint density at radius 1 is 1.29 bits per heavy atom. The molecular formula is C13H25NO3. The lowest BCUT2D eigenvalue weighted by Gasteiger charge is -2.40. The van der Waals surface area contributed by atoms with E-state index in [1.54, 1.807) is 13.8 Å². The van der Waals surface area contributed by atoms with Crippen molar-refractivity contribution in [3.63, 3.8) is 0 Å². The van der Waals surface area contributed by atoms with Crippen LogP contribution in [0.25, 0.3) is 0 Å². The van der Waals surface area contributed by atoms with Gasteiger partial charge >= 0.3 is 6.09 Å². The second-order valence-electron chi connectivity index (χ2n) is 6.20. The zero-order valence-corrected chi connectivity index (χ0v) is 11.4. The van der Waals surface area contributed by atoms with Crippen molar-refractivity contribution in [1.29, 1.82) is 0 Å². The van der Waals surface area contributed by atoms with Crippen LogP contribution in [-0.2, 0) is 4.74 Å². The number of carbonyl (C=O) groups excluding carboxylic acids is 1. The lowest BCUT2D eigenvalue weighted by molar-refractivity contribution is -0.0247. The molecule has 0 aromatic rings. The van der Waals surface area contributed by atoms with Crippen molar-refractivity contribution in [1.82, 2.24) is 5.32 Å². The lowest BCUT2D eigenvalue weighted by Crippen LogP contribution is -2.47. The Labute approximate surface area is 104 Å². The second kappa shape index (κ2) is 5.25. The minimum atomic E-state index is -0.758. The van der Waals surface area contributed by atoms with Gasteiger partial charge in [0.25, 0.3) is 0 Å². The fraction of sp³-hybridized carbons (Fsp3) is 0.923. The van der Waals surface area contributed by atoms with Gasteiger partial charge in [-0.25, -0.2) is 4.79 Å². The maximum Gasteiger partial charge on any atom is 0.407 e. The smallest absolute Gasteiger partial charge is 0.407 e. The van der Waals surface area contributed by atoms with Gasteiger partial charge in [0.15, 0.2) is 0 Å². The molecular weight excluding hydrogens is 218 g/mol. The van der Waals surface area contributed by atoms with E-state index in [1.165, 1.54) is 0 Å². The first-order chi connectivity index (χ1) is 7.72. The zero-order chi connectivity index (χ0) is 13.1. The summed E-state index contributed by atoms with van der Waals surface area (Å²) in [5.74, 6) is 0. The van der Waals surface area contributed by atoms with Crippen LogP contribution in [0.5, 0.6) is 0 Å². The van der Waals surface area contributed by atoms with Gasteiger partial charge in [0.2, 0.25) is 0 Å². The number of hydrogen-bond donors (Lipinski definition) is 2. The van der Waals surface area contributed by atoms with Crippen molar-refractivity contribution < 1.29 is 14.6 Å². The second-order valence-corrected chi connectivity index (χ2v) is 6.20. The van der Waals surface area contributed by atoms with Crippen molar-refractivity contribution in [2.75, 3.05) is 6.54 Å². The summed E-state index contributed by atoms with van der Waals surface area (Å²) in [6, 6.07) is 0. The summed E-state index contributed by atoms with van der Waals surface area (Å²) >= 11 is 0. The topological polar surface area (TPSA) is 58.6 Å². The standard InChI is InChI=1S/C13H25NO3/c1-10(2)17-11(15)14-9-13(16)7-5-12(3,4)6-8-13/h10,16H,5-9H2,1-4H3,(H,14,15). The Bertz CT molecular complexity index is 264. The van der Waals surface area contributed by atoms with E-state index >= 15 is 0 Å². The fourth-order valence-electron chi connectivity index (χ4n) is 2.06. The van der Waals surface area contributed by atoms with Crippen LogP contribution in [0.3, 0.4) is 0 Å². The molecule has 0 aliphatic heterocycles. The van der Waals surface area contributed by atoms with Gasteiger partial charge in [-0.05, 0) is 44.9 Å². The van der Waals surface area contributed by atoms with Gasteiger partial charge in [0.1, 0.15) is 0 Å². The van der Waals surface area contributed by atoms with E-state index in [0.717, 1.165) is 25.7 Å². The third-order valence-electron chi connectivity index (χ3n) is 3.44. The van der Waals surface area contributed by atoms with Crippen molar-refractivity contribution in [3.8, 4) is 0 Å². The Hall–Kier alpha value is -0.770.